The summed E-state index contributed by atoms with van der Waals surface area (Å²) in [5.74, 6) is -1.09. The van der Waals surface area contributed by atoms with E-state index in [1.165, 1.54) is 6.07 Å². The number of carboxylic acids is 1. The van der Waals surface area contributed by atoms with Crippen molar-refractivity contribution in [1.82, 2.24) is 9.97 Å². The number of carboxylic acid groups (broad SMARTS) is 1. The first kappa shape index (κ1) is 10.1. The number of nitrogens with one attached hydrogen (secondary N) is 1. The molecule has 0 saturated heterocycles. The largest absolute Gasteiger partial charge is 0.478 e. The van der Waals surface area contributed by atoms with Gasteiger partial charge in [-0.2, -0.15) is 0 Å². The summed E-state index contributed by atoms with van der Waals surface area (Å²) in [6.07, 6.45) is 2.71. The van der Waals surface area contributed by atoms with Gasteiger partial charge in [0.25, 0.3) is 5.56 Å². The monoisotopic (exact) mass is 216 g/mol. The molecule has 2 aromatic heterocycles. The number of aromatic carboxylic acids is 1. The third kappa shape index (κ3) is 1.83. The van der Waals surface area contributed by atoms with Crippen LogP contribution in [-0.2, 0) is 0 Å². The molecular weight excluding hydrogens is 208 g/mol. The molecule has 0 aliphatic heterocycles. The lowest BCUT2D eigenvalue weighted by molar-refractivity contribution is 0.0696. The minimum absolute atomic E-state index is 0.0280. The molecule has 5 nitrogen and oxygen atoms in total. The smallest absolute Gasteiger partial charge is 0.337 e. The molecule has 2 rings (SSSR count). The van der Waals surface area contributed by atoms with Crippen LogP contribution in [0.25, 0.3) is 11.3 Å². The van der Waals surface area contributed by atoms with E-state index in [9.17, 15) is 9.59 Å². The zero-order valence-corrected chi connectivity index (χ0v) is 8.18. The van der Waals surface area contributed by atoms with Crippen LogP contribution in [0.3, 0.4) is 0 Å². The Hall–Kier alpha value is -2.43. The Morgan fingerprint density at radius 2 is 2.19 bits per heavy atom. The SMILES string of the molecule is O=C(O)c1c[nH]c(=O)c(-c2ccccn2)c1. The molecule has 2 N–H and O–H groups in total. The van der Waals surface area contributed by atoms with Crippen LogP contribution >= 0.6 is 0 Å². The highest BCUT2D eigenvalue weighted by Crippen LogP contribution is 2.12. The van der Waals surface area contributed by atoms with Crippen molar-refractivity contribution >= 4 is 5.97 Å². The van der Waals surface area contributed by atoms with Gasteiger partial charge >= 0.3 is 5.97 Å². The van der Waals surface area contributed by atoms with E-state index in [1.807, 2.05) is 0 Å². The summed E-state index contributed by atoms with van der Waals surface area (Å²) in [4.78, 5) is 28.6. The van der Waals surface area contributed by atoms with Gasteiger partial charge in [0.05, 0.1) is 16.8 Å². The highest BCUT2D eigenvalue weighted by atomic mass is 16.4. The second kappa shape index (κ2) is 3.98. The van der Waals surface area contributed by atoms with Gasteiger partial charge in [0, 0.05) is 12.4 Å². The Kier molecular flexibility index (Phi) is 2.51. The van der Waals surface area contributed by atoms with E-state index in [4.69, 9.17) is 5.11 Å². The van der Waals surface area contributed by atoms with E-state index in [0.29, 0.717) is 5.69 Å². The van der Waals surface area contributed by atoms with Gasteiger partial charge in [-0.1, -0.05) is 6.07 Å². The fraction of sp³-hybridized carbons (Fsp3) is 0. The first-order chi connectivity index (χ1) is 7.68. The number of carbonyl (C=O) groups is 1. The van der Waals surface area contributed by atoms with Gasteiger partial charge in [0.1, 0.15) is 0 Å². The fourth-order valence-electron chi connectivity index (χ4n) is 1.32. The summed E-state index contributed by atoms with van der Waals surface area (Å²) in [7, 11) is 0. The van der Waals surface area contributed by atoms with Crippen molar-refractivity contribution in [3.8, 4) is 11.3 Å². The Morgan fingerprint density at radius 1 is 1.38 bits per heavy atom. The molecule has 0 aliphatic rings. The highest BCUT2D eigenvalue weighted by Gasteiger charge is 2.09. The zero-order chi connectivity index (χ0) is 11.5. The third-order valence-corrected chi connectivity index (χ3v) is 2.09. The predicted octanol–water partition coefficient (Wildman–Crippen LogP) is 1.14. The number of pyridine rings is 2. The van der Waals surface area contributed by atoms with E-state index in [0.717, 1.165) is 6.20 Å². The maximum Gasteiger partial charge on any atom is 0.337 e. The summed E-state index contributed by atoms with van der Waals surface area (Å²) in [6.45, 7) is 0. The molecule has 0 amide bonds. The summed E-state index contributed by atoms with van der Waals surface area (Å²) < 4.78 is 0. The number of rotatable bonds is 2. The Balaban J connectivity index is 2.61. The van der Waals surface area contributed by atoms with Crippen molar-refractivity contribution in [2.24, 2.45) is 0 Å². The van der Waals surface area contributed by atoms with Crippen molar-refractivity contribution in [2.75, 3.05) is 0 Å². The molecule has 0 radical (unpaired) electrons. The minimum atomic E-state index is -1.09. The van der Waals surface area contributed by atoms with Crippen LogP contribution in [0.1, 0.15) is 10.4 Å². The second-order valence-electron chi connectivity index (χ2n) is 3.15. The number of nitrogens with zero attached hydrogens (tertiary/aromatic N) is 1. The fourth-order valence-corrected chi connectivity index (χ4v) is 1.32. The van der Waals surface area contributed by atoms with Crippen LogP contribution < -0.4 is 5.56 Å². The molecule has 2 aromatic rings. The van der Waals surface area contributed by atoms with Gasteiger partial charge in [0.15, 0.2) is 0 Å². The number of hydrogen-bond donors (Lipinski definition) is 2. The normalized spacial score (nSPS) is 10.0. The minimum Gasteiger partial charge on any atom is -0.478 e. The van der Waals surface area contributed by atoms with Crippen LogP contribution in [0.15, 0.2) is 41.5 Å². The molecule has 80 valence electrons. The molecule has 0 aromatic carbocycles. The summed E-state index contributed by atoms with van der Waals surface area (Å²) in [5, 5.41) is 8.80. The Labute approximate surface area is 90.4 Å². The first-order valence-corrected chi connectivity index (χ1v) is 4.56. The average Bonchev–Trinajstić information content (AvgIpc) is 2.30. The van der Waals surface area contributed by atoms with E-state index in [2.05, 4.69) is 9.97 Å². The molecule has 2 heterocycles. The molecule has 0 aliphatic carbocycles. The van der Waals surface area contributed by atoms with Crippen LogP contribution in [0.5, 0.6) is 0 Å². The molecule has 0 bridgehead atoms. The van der Waals surface area contributed by atoms with E-state index >= 15 is 0 Å². The van der Waals surface area contributed by atoms with Gasteiger partial charge in [-0.3, -0.25) is 9.78 Å². The van der Waals surface area contributed by atoms with Crippen molar-refractivity contribution in [2.45, 2.75) is 0 Å². The maximum absolute atomic E-state index is 11.5. The summed E-state index contributed by atoms with van der Waals surface area (Å²) in [5.41, 5.74) is 0.372. The quantitative estimate of drug-likeness (QED) is 0.788. The first-order valence-electron chi connectivity index (χ1n) is 4.56. The molecule has 0 spiro atoms. The van der Waals surface area contributed by atoms with Crippen molar-refractivity contribution in [3.05, 3.63) is 52.6 Å². The molecule has 0 atom stereocenters. The average molecular weight is 216 g/mol. The summed E-state index contributed by atoms with van der Waals surface area (Å²) >= 11 is 0. The van der Waals surface area contributed by atoms with E-state index in [-0.39, 0.29) is 16.7 Å². The molecule has 5 heteroatoms. The standard InChI is InChI=1S/C11H8N2O3/c14-10-8(9-3-1-2-4-12-9)5-7(6-13-10)11(15)16/h1-6H,(H,13,14)(H,15,16). The van der Waals surface area contributed by atoms with Crippen LogP contribution in [-0.4, -0.2) is 21.0 Å². The van der Waals surface area contributed by atoms with Crippen molar-refractivity contribution < 1.29 is 9.90 Å². The van der Waals surface area contributed by atoms with Crippen LogP contribution in [0.4, 0.5) is 0 Å². The summed E-state index contributed by atoms with van der Waals surface area (Å²) in [6, 6.07) is 6.41. The van der Waals surface area contributed by atoms with Gasteiger partial charge in [-0.05, 0) is 18.2 Å². The maximum atomic E-state index is 11.5. The lowest BCUT2D eigenvalue weighted by Gasteiger charge is -2.00. The Morgan fingerprint density at radius 3 is 2.81 bits per heavy atom. The number of aromatic amines is 1. The molecule has 0 unspecified atom stereocenters. The lowest BCUT2D eigenvalue weighted by atomic mass is 10.1. The highest BCUT2D eigenvalue weighted by molar-refractivity contribution is 5.88. The molecule has 0 fully saturated rings. The van der Waals surface area contributed by atoms with Gasteiger partial charge in [-0.25, -0.2) is 4.79 Å². The van der Waals surface area contributed by atoms with Crippen LogP contribution in [0, 0.1) is 0 Å². The lowest BCUT2D eigenvalue weighted by Crippen LogP contribution is -2.11. The van der Waals surface area contributed by atoms with Gasteiger partial charge in [0.2, 0.25) is 0 Å². The third-order valence-electron chi connectivity index (χ3n) is 2.09. The molecule has 16 heavy (non-hydrogen) atoms. The van der Waals surface area contributed by atoms with Crippen molar-refractivity contribution in [1.29, 1.82) is 0 Å². The zero-order valence-electron chi connectivity index (χ0n) is 8.18. The van der Waals surface area contributed by atoms with Gasteiger partial charge < -0.3 is 10.1 Å². The van der Waals surface area contributed by atoms with E-state index < -0.39 is 5.97 Å². The van der Waals surface area contributed by atoms with E-state index in [1.54, 1.807) is 24.4 Å². The number of hydrogen-bond acceptors (Lipinski definition) is 3. The second-order valence-corrected chi connectivity index (χ2v) is 3.15. The van der Waals surface area contributed by atoms with Crippen molar-refractivity contribution in [3.63, 3.8) is 0 Å². The molecule has 0 saturated carbocycles. The number of H-pyrrole nitrogens is 1. The predicted molar refractivity (Wildman–Crippen MR) is 57.3 cm³/mol. The van der Waals surface area contributed by atoms with Gasteiger partial charge in [-0.15, -0.1) is 0 Å². The Bertz CT molecular complexity index is 575. The molecular formula is C11H8N2O3. The number of aromatic nitrogens is 2. The topological polar surface area (TPSA) is 83.0 Å². The van der Waals surface area contributed by atoms with Crippen LogP contribution in [0.2, 0.25) is 0 Å².